The fraction of sp³-hybridized carbons (Fsp3) is 0.357. The summed E-state index contributed by atoms with van der Waals surface area (Å²) < 4.78 is 0. The van der Waals surface area contributed by atoms with E-state index in [1.165, 1.54) is 5.56 Å². The van der Waals surface area contributed by atoms with Gasteiger partial charge in [-0.15, -0.1) is 0 Å². The molecule has 0 aliphatic carbocycles. The first kappa shape index (κ1) is 13.3. The molecule has 0 spiro atoms. The third-order valence-electron chi connectivity index (χ3n) is 2.90. The molecule has 0 saturated carbocycles. The van der Waals surface area contributed by atoms with Gasteiger partial charge in [-0.25, -0.2) is 0 Å². The molecule has 0 saturated heterocycles. The summed E-state index contributed by atoms with van der Waals surface area (Å²) >= 11 is 0. The highest BCUT2D eigenvalue weighted by Crippen LogP contribution is 2.09. The van der Waals surface area contributed by atoms with Crippen LogP contribution in [-0.4, -0.2) is 28.5 Å². The summed E-state index contributed by atoms with van der Waals surface area (Å²) in [6.45, 7) is 2.71. The number of nitrogen functional groups attached to an aromatic ring is 1. The standard InChI is InChI=1S/C14H19N5/c1-11-16-13(15)18-14(17-11)19(2)10-6-9-12-7-4-3-5-8-12/h3-5,7-8H,6,9-10H2,1-2H3,(H2,15,16,17,18). The van der Waals surface area contributed by atoms with Gasteiger partial charge in [0.1, 0.15) is 5.82 Å². The highest BCUT2D eigenvalue weighted by atomic mass is 15.3. The fourth-order valence-electron chi connectivity index (χ4n) is 1.92. The Labute approximate surface area is 113 Å². The molecule has 2 aromatic rings. The molecule has 1 aromatic heterocycles. The summed E-state index contributed by atoms with van der Waals surface area (Å²) in [5.41, 5.74) is 6.98. The van der Waals surface area contributed by atoms with Crippen LogP contribution in [0.15, 0.2) is 30.3 Å². The maximum atomic E-state index is 5.63. The van der Waals surface area contributed by atoms with Gasteiger partial charge in [-0.3, -0.25) is 0 Å². The summed E-state index contributed by atoms with van der Waals surface area (Å²) in [5, 5.41) is 0. The van der Waals surface area contributed by atoms with Crippen molar-refractivity contribution in [2.45, 2.75) is 19.8 Å². The Kier molecular flexibility index (Phi) is 4.28. The molecule has 100 valence electrons. The zero-order chi connectivity index (χ0) is 13.7. The second-order valence-electron chi connectivity index (χ2n) is 4.55. The van der Waals surface area contributed by atoms with E-state index in [-0.39, 0.29) is 5.95 Å². The monoisotopic (exact) mass is 257 g/mol. The van der Waals surface area contributed by atoms with Gasteiger partial charge in [-0.1, -0.05) is 30.3 Å². The first-order valence-corrected chi connectivity index (χ1v) is 6.38. The van der Waals surface area contributed by atoms with Crippen molar-refractivity contribution in [1.82, 2.24) is 15.0 Å². The number of aryl methyl sites for hydroxylation is 2. The molecule has 0 atom stereocenters. The number of nitrogens with zero attached hydrogens (tertiary/aromatic N) is 4. The van der Waals surface area contributed by atoms with Crippen molar-refractivity contribution >= 4 is 11.9 Å². The topological polar surface area (TPSA) is 67.9 Å². The highest BCUT2D eigenvalue weighted by Gasteiger charge is 2.06. The Morgan fingerprint density at radius 3 is 2.53 bits per heavy atom. The molecule has 2 rings (SSSR count). The van der Waals surface area contributed by atoms with E-state index in [0.717, 1.165) is 19.4 Å². The summed E-state index contributed by atoms with van der Waals surface area (Å²) in [4.78, 5) is 14.4. The molecule has 2 N–H and O–H groups in total. The molecule has 0 radical (unpaired) electrons. The molecule has 5 nitrogen and oxygen atoms in total. The Morgan fingerprint density at radius 2 is 1.84 bits per heavy atom. The van der Waals surface area contributed by atoms with E-state index in [9.17, 15) is 0 Å². The minimum Gasteiger partial charge on any atom is -0.368 e. The zero-order valence-electron chi connectivity index (χ0n) is 11.4. The van der Waals surface area contributed by atoms with Crippen LogP contribution in [0.1, 0.15) is 17.8 Å². The van der Waals surface area contributed by atoms with E-state index in [1.807, 2.05) is 24.9 Å². The van der Waals surface area contributed by atoms with Crippen molar-refractivity contribution in [3.05, 3.63) is 41.7 Å². The van der Waals surface area contributed by atoms with E-state index in [4.69, 9.17) is 5.73 Å². The quantitative estimate of drug-likeness (QED) is 0.885. The third kappa shape index (κ3) is 3.91. The number of rotatable bonds is 5. The van der Waals surface area contributed by atoms with Gasteiger partial charge in [-0.2, -0.15) is 15.0 Å². The molecule has 0 fully saturated rings. The molecular formula is C14H19N5. The minimum atomic E-state index is 0.275. The summed E-state index contributed by atoms with van der Waals surface area (Å²) in [5.74, 6) is 1.56. The van der Waals surface area contributed by atoms with E-state index in [1.54, 1.807) is 0 Å². The summed E-state index contributed by atoms with van der Waals surface area (Å²) in [6.07, 6.45) is 2.09. The smallest absolute Gasteiger partial charge is 0.230 e. The maximum Gasteiger partial charge on any atom is 0.230 e. The summed E-state index contributed by atoms with van der Waals surface area (Å²) in [6, 6.07) is 10.5. The minimum absolute atomic E-state index is 0.275. The van der Waals surface area contributed by atoms with Crippen molar-refractivity contribution in [1.29, 1.82) is 0 Å². The first-order chi connectivity index (χ1) is 9.15. The van der Waals surface area contributed by atoms with Crippen LogP contribution in [0.2, 0.25) is 0 Å². The van der Waals surface area contributed by atoms with Gasteiger partial charge in [0.05, 0.1) is 0 Å². The number of hydrogen-bond donors (Lipinski definition) is 1. The maximum absolute atomic E-state index is 5.63. The average molecular weight is 257 g/mol. The Morgan fingerprint density at radius 1 is 1.11 bits per heavy atom. The first-order valence-electron chi connectivity index (χ1n) is 6.38. The lowest BCUT2D eigenvalue weighted by molar-refractivity contribution is 0.759. The van der Waals surface area contributed by atoms with E-state index in [0.29, 0.717) is 11.8 Å². The van der Waals surface area contributed by atoms with E-state index < -0.39 is 0 Å². The van der Waals surface area contributed by atoms with Crippen molar-refractivity contribution in [3.8, 4) is 0 Å². The SMILES string of the molecule is Cc1nc(N)nc(N(C)CCCc2ccccc2)n1. The van der Waals surface area contributed by atoms with Gasteiger partial charge in [-0.05, 0) is 25.3 Å². The predicted octanol–water partition coefficient (Wildman–Crippen LogP) is 1.83. The lowest BCUT2D eigenvalue weighted by Gasteiger charge is -2.17. The Balaban J connectivity index is 1.89. The average Bonchev–Trinajstić information content (AvgIpc) is 2.38. The Bertz CT molecular complexity index is 506. The molecular weight excluding hydrogens is 238 g/mol. The van der Waals surface area contributed by atoms with Crippen molar-refractivity contribution in [3.63, 3.8) is 0 Å². The third-order valence-corrected chi connectivity index (χ3v) is 2.90. The van der Waals surface area contributed by atoms with Crippen LogP contribution in [-0.2, 0) is 6.42 Å². The predicted molar refractivity (Wildman–Crippen MR) is 77.0 cm³/mol. The normalized spacial score (nSPS) is 10.4. The number of nitrogens with two attached hydrogens (primary N) is 1. The van der Waals surface area contributed by atoms with Crippen LogP contribution < -0.4 is 10.6 Å². The van der Waals surface area contributed by atoms with Crippen molar-refractivity contribution in [2.24, 2.45) is 0 Å². The fourth-order valence-corrected chi connectivity index (χ4v) is 1.92. The molecule has 5 heteroatoms. The van der Waals surface area contributed by atoms with Crippen LogP contribution in [0.5, 0.6) is 0 Å². The van der Waals surface area contributed by atoms with E-state index in [2.05, 4.69) is 39.2 Å². The second-order valence-corrected chi connectivity index (χ2v) is 4.55. The van der Waals surface area contributed by atoms with Gasteiger partial charge < -0.3 is 10.6 Å². The van der Waals surface area contributed by atoms with Crippen LogP contribution in [0.4, 0.5) is 11.9 Å². The van der Waals surface area contributed by atoms with Crippen LogP contribution in [0.3, 0.4) is 0 Å². The van der Waals surface area contributed by atoms with Crippen molar-refractivity contribution < 1.29 is 0 Å². The highest BCUT2D eigenvalue weighted by molar-refractivity contribution is 5.33. The second kappa shape index (κ2) is 6.13. The van der Waals surface area contributed by atoms with Crippen LogP contribution in [0.25, 0.3) is 0 Å². The number of aromatic nitrogens is 3. The number of hydrogen-bond acceptors (Lipinski definition) is 5. The molecule has 0 aliphatic heterocycles. The van der Waals surface area contributed by atoms with Gasteiger partial charge in [0.2, 0.25) is 11.9 Å². The molecule has 0 bridgehead atoms. The molecule has 1 aromatic carbocycles. The number of anilines is 2. The van der Waals surface area contributed by atoms with Gasteiger partial charge in [0.25, 0.3) is 0 Å². The lowest BCUT2D eigenvalue weighted by Crippen LogP contribution is -2.22. The zero-order valence-corrected chi connectivity index (χ0v) is 11.4. The largest absolute Gasteiger partial charge is 0.368 e. The van der Waals surface area contributed by atoms with Gasteiger partial charge in [0, 0.05) is 13.6 Å². The Hall–Kier alpha value is -2.17. The van der Waals surface area contributed by atoms with Gasteiger partial charge >= 0.3 is 0 Å². The molecule has 19 heavy (non-hydrogen) atoms. The van der Waals surface area contributed by atoms with Gasteiger partial charge in [0.15, 0.2) is 0 Å². The molecule has 0 unspecified atom stereocenters. The van der Waals surface area contributed by atoms with E-state index >= 15 is 0 Å². The molecule has 1 heterocycles. The summed E-state index contributed by atoms with van der Waals surface area (Å²) in [7, 11) is 1.97. The lowest BCUT2D eigenvalue weighted by atomic mass is 10.1. The number of benzene rings is 1. The molecule has 0 amide bonds. The van der Waals surface area contributed by atoms with Crippen LogP contribution in [0, 0.1) is 6.92 Å². The van der Waals surface area contributed by atoms with Crippen molar-refractivity contribution in [2.75, 3.05) is 24.2 Å². The molecule has 0 aliphatic rings. The van der Waals surface area contributed by atoms with Crippen LogP contribution >= 0.6 is 0 Å².